The normalized spacial score (nSPS) is 11.1. The maximum atomic E-state index is 10.6. The van der Waals surface area contributed by atoms with Crippen LogP contribution in [0.3, 0.4) is 0 Å². The predicted molar refractivity (Wildman–Crippen MR) is 53.6 cm³/mol. The van der Waals surface area contributed by atoms with Gasteiger partial charge in [-0.2, -0.15) is 0 Å². The minimum absolute atomic E-state index is 0.411. The summed E-state index contributed by atoms with van der Waals surface area (Å²) in [5, 5.41) is 14.1. The van der Waals surface area contributed by atoms with Crippen LogP contribution in [0.2, 0.25) is 0 Å². The van der Waals surface area contributed by atoms with Gasteiger partial charge in [0.1, 0.15) is 0 Å². The molecular weight excluding hydrogens is 182 g/mol. The number of urea groups is 1. The van der Waals surface area contributed by atoms with Gasteiger partial charge < -0.3 is 16.3 Å². The largest absolute Gasteiger partial charge is 0.411 e. The minimum atomic E-state index is -0.650. The molecule has 0 spiro atoms. The van der Waals surface area contributed by atoms with Gasteiger partial charge in [-0.15, -0.1) is 0 Å². The van der Waals surface area contributed by atoms with Crippen molar-refractivity contribution in [3.63, 3.8) is 0 Å². The molecule has 0 saturated heterocycles. The number of rotatable bonds is 2. The zero-order valence-corrected chi connectivity index (χ0v) is 7.69. The molecule has 0 aliphatic carbocycles. The molecule has 5 nitrogen and oxygen atoms in total. The monoisotopic (exact) mass is 193 g/mol. The summed E-state index contributed by atoms with van der Waals surface area (Å²) < 4.78 is 0. The van der Waals surface area contributed by atoms with Gasteiger partial charge in [0, 0.05) is 5.56 Å². The zero-order chi connectivity index (χ0) is 10.6. The third-order valence-corrected chi connectivity index (χ3v) is 1.72. The van der Waals surface area contributed by atoms with Crippen molar-refractivity contribution >= 4 is 17.4 Å². The molecule has 4 N–H and O–H groups in total. The van der Waals surface area contributed by atoms with Crippen molar-refractivity contribution < 1.29 is 10.0 Å². The third-order valence-electron chi connectivity index (χ3n) is 1.72. The topological polar surface area (TPSA) is 87.7 Å². The molecular formula is C9H11N3O2. The van der Waals surface area contributed by atoms with Gasteiger partial charge in [-0.05, 0) is 13.0 Å². The molecule has 0 aromatic heterocycles. The Hall–Kier alpha value is -2.04. The molecule has 0 heterocycles. The van der Waals surface area contributed by atoms with Crippen molar-refractivity contribution in [1.82, 2.24) is 0 Å². The standard InChI is InChI=1S/C9H11N3O2/c1-6(12-14)7-4-2-3-5-8(7)11-9(10)13/h2-5,14H,1H3,(H3,10,11,13)/b12-6+. The molecule has 0 aliphatic heterocycles. The number of hydrogen-bond donors (Lipinski definition) is 3. The van der Waals surface area contributed by atoms with Crippen LogP contribution in [0, 0.1) is 0 Å². The zero-order valence-electron chi connectivity index (χ0n) is 7.69. The van der Waals surface area contributed by atoms with Crippen molar-refractivity contribution in [2.75, 3.05) is 5.32 Å². The summed E-state index contributed by atoms with van der Waals surface area (Å²) in [6, 6.07) is 6.27. The molecule has 14 heavy (non-hydrogen) atoms. The summed E-state index contributed by atoms with van der Waals surface area (Å²) in [5.41, 5.74) is 6.55. The first-order chi connectivity index (χ1) is 6.65. The second-order valence-corrected chi connectivity index (χ2v) is 2.72. The van der Waals surface area contributed by atoms with Gasteiger partial charge in [0.15, 0.2) is 0 Å². The summed E-state index contributed by atoms with van der Waals surface area (Å²) in [6.07, 6.45) is 0. The van der Waals surface area contributed by atoms with Crippen LogP contribution in [-0.2, 0) is 0 Å². The molecule has 1 rings (SSSR count). The Labute approximate surface area is 81.2 Å². The minimum Gasteiger partial charge on any atom is -0.411 e. The number of nitrogens with two attached hydrogens (primary N) is 1. The summed E-state index contributed by atoms with van der Waals surface area (Å²) in [7, 11) is 0. The average Bonchev–Trinajstić information content (AvgIpc) is 2.16. The van der Waals surface area contributed by atoms with E-state index in [1.54, 1.807) is 31.2 Å². The van der Waals surface area contributed by atoms with Gasteiger partial charge in [-0.25, -0.2) is 4.79 Å². The third kappa shape index (κ3) is 2.22. The van der Waals surface area contributed by atoms with Gasteiger partial charge in [0.05, 0.1) is 11.4 Å². The fraction of sp³-hybridized carbons (Fsp3) is 0.111. The SMILES string of the molecule is C/C(=N\O)c1ccccc1NC(N)=O. The lowest BCUT2D eigenvalue weighted by Crippen LogP contribution is -2.20. The first kappa shape index (κ1) is 10.0. The highest BCUT2D eigenvalue weighted by Crippen LogP contribution is 2.15. The number of anilines is 1. The Balaban J connectivity index is 3.09. The Kier molecular flexibility index (Phi) is 3.06. The van der Waals surface area contributed by atoms with Gasteiger partial charge in [0.2, 0.25) is 0 Å². The van der Waals surface area contributed by atoms with Gasteiger partial charge >= 0.3 is 6.03 Å². The van der Waals surface area contributed by atoms with Gasteiger partial charge in [-0.1, -0.05) is 23.4 Å². The predicted octanol–water partition coefficient (Wildman–Crippen LogP) is 1.38. The number of carbonyl (C=O) groups is 1. The number of amides is 2. The van der Waals surface area contributed by atoms with E-state index in [1.165, 1.54) is 0 Å². The fourth-order valence-corrected chi connectivity index (χ4v) is 1.09. The lowest BCUT2D eigenvalue weighted by atomic mass is 10.1. The molecule has 74 valence electrons. The Bertz CT molecular complexity index is 374. The second kappa shape index (κ2) is 4.27. The summed E-state index contributed by atoms with van der Waals surface area (Å²) in [4.78, 5) is 10.6. The Morgan fingerprint density at radius 2 is 2.14 bits per heavy atom. The Morgan fingerprint density at radius 1 is 1.50 bits per heavy atom. The first-order valence-electron chi connectivity index (χ1n) is 3.99. The number of primary amides is 1. The van der Waals surface area contributed by atoms with E-state index >= 15 is 0 Å². The molecule has 0 atom stereocenters. The summed E-state index contributed by atoms with van der Waals surface area (Å²) >= 11 is 0. The van der Waals surface area contributed by atoms with Crippen molar-refractivity contribution in [3.8, 4) is 0 Å². The van der Waals surface area contributed by atoms with E-state index in [0.29, 0.717) is 17.0 Å². The van der Waals surface area contributed by atoms with E-state index in [0.717, 1.165) is 0 Å². The lowest BCUT2D eigenvalue weighted by Gasteiger charge is -2.07. The van der Waals surface area contributed by atoms with Crippen molar-refractivity contribution in [2.45, 2.75) is 6.92 Å². The quantitative estimate of drug-likeness (QED) is 0.376. The average molecular weight is 193 g/mol. The van der Waals surface area contributed by atoms with Crippen LogP contribution in [0.15, 0.2) is 29.4 Å². The maximum absolute atomic E-state index is 10.6. The highest BCUT2D eigenvalue weighted by atomic mass is 16.4. The molecule has 1 aromatic carbocycles. The molecule has 5 heteroatoms. The van der Waals surface area contributed by atoms with E-state index in [2.05, 4.69) is 10.5 Å². The molecule has 0 unspecified atom stereocenters. The number of para-hydroxylation sites is 1. The van der Waals surface area contributed by atoms with Crippen LogP contribution in [-0.4, -0.2) is 17.0 Å². The van der Waals surface area contributed by atoms with Crippen molar-refractivity contribution in [2.24, 2.45) is 10.9 Å². The van der Waals surface area contributed by atoms with Crippen LogP contribution in [0.4, 0.5) is 10.5 Å². The highest BCUT2D eigenvalue weighted by molar-refractivity contribution is 6.05. The smallest absolute Gasteiger partial charge is 0.316 e. The van der Waals surface area contributed by atoms with E-state index in [4.69, 9.17) is 10.9 Å². The second-order valence-electron chi connectivity index (χ2n) is 2.72. The van der Waals surface area contributed by atoms with Crippen LogP contribution in [0.1, 0.15) is 12.5 Å². The van der Waals surface area contributed by atoms with Crippen LogP contribution in [0.5, 0.6) is 0 Å². The van der Waals surface area contributed by atoms with Crippen molar-refractivity contribution in [3.05, 3.63) is 29.8 Å². The lowest BCUT2D eigenvalue weighted by molar-refractivity contribution is 0.259. The van der Waals surface area contributed by atoms with Crippen molar-refractivity contribution in [1.29, 1.82) is 0 Å². The molecule has 0 radical (unpaired) electrons. The number of oxime groups is 1. The molecule has 0 bridgehead atoms. The van der Waals surface area contributed by atoms with E-state index < -0.39 is 6.03 Å². The van der Waals surface area contributed by atoms with E-state index in [9.17, 15) is 4.79 Å². The number of nitrogens with one attached hydrogen (secondary N) is 1. The van der Waals surface area contributed by atoms with Crippen LogP contribution in [0.25, 0.3) is 0 Å². The van der Waals surface area contributed by atoms with Crippen LogP contribution < -0.4 is 11.1 Å². The number of benzene rings is 1. The molecule has 1 aromatic rings. The molecule has 0 fully saturated rings. The first-order valence-corrected chi connectivity index (χ1v) is 3.99. The van der Waals surface area contributed by atoms with Gasteiger partial charge in [0.25, 0.3) is 0 Å². The highest BCUT2D eigenvalue weighted by Gasteiger charge is 2.05. The van der Waals surface area contributed by atoms with E-state index in [-0.39, 0.29) is 0 Å². The maximum Gasteiger partial charge on any atom is 0.316 e. The molecule has 2 amide bonds. The number of nitrogens with zero attached hydrogens (tertiary/aromatic N) is 1. The van der Waals surface area contributed by atoms with Crippen LogP contribution >= 0.6 is 0 Å². The summed E-state index contributed by atoms with van der Waals surface area (Å²) in [5.74, 6) is 0. The summed E-state index contributed by atoms with van der Waals surface area (Å²) in [6.45, 7) is 1.63. The molecule has 0 saturated carbocycles. The van der Waals surface area contributed by atoms with E-state index in [1.807, 2.05) is 0 Å². The molecule has 0 aliphatic rings. The fourth-order valence-electron chi connectivity index (χ4n) is 1.09. The van der Waals surface area contributed by atoms with Gasteiger partial charge in [-0.3, -0.25) is 0 Å². The number of hydrogen-bond acceptors (Lipinski definition) is 3. The Morgan fingerprint density at radius 3 is 2.71 bits per heavy atom. The number of carbonyl (C=O) groups excluding carboxylic acids is 1.